The van der Waals surface area contributed by atoms with Gasteiger partial charge in [0.25, 0.3) is 0 Å². The lowest BCUT2D eigenvalue weighted by atomic mass is 10.0. The number of phenolic OH excluding ortho intramolecular Hbond substituents is 2. The number of phenols is 2. The molecule has 0 fully saturated rings. The molecule has 0 bridgehead atoms. The Morgan fingerprint density at radius 2 is 1.85 bits per heavy atom. The van der Waals surface area contributed by atoms with E-state index in [9.17, 15) is 10.2 Å². The summed E-state index contributed by atoms with van der Waals surface area (Å²) in [4.78, 5) is 0. The van der Waals surface area contributed by atoms with Crippen molar-refractivity contribution in [3.63, 3.8) is 0 Å². The number of rotatable bonds is 3. The Balaban J connectivity index is 2.33. The highest BCUT2D eigenvalue weighted by atomic mass is 79.9. The van der Waals surface area contributed by atoms with Crippen LogP contribution in [0.4, 0.5) is 5.69 Å². The smallest absolute Gasteiger partial charge is 0.124 e. The standard InChI is InChI=1S/C15H13BrN2O2/c1-9(15-13(19)3-2-4-14(15)20)18-12-6-5-11(16)7-10(12)8-17/h2-7,9,18-20H,1H3. The van der Waals surface area contributed by atoms with Crippen LogP contribution in [0.2, 0.25) is 0 Å². The van der Waals surface area contributed by atoms with Crippen LogP contribution >= 0.6 is 15.9 Å². The van der Waals surface area contributed by atoms with E-state index in [4.69, 9.17) is 5.26 Å². The van der Waals surface area contributed by atoms with Crippen LogP contribution in [0.25, 0.3) is 0 Å². The van der Waals surface area contributed by atoms with E-state index in [1.54, 1.807) is 25.1 Å². The number of anilines is 1. The van der Waals surface area contributed by atoms with Gasteiger partial charge < -0.3 is 15.5 Å². The summed E-state index contributed by atoms with van der Waals surface area (Å²) in [7, 11) is 0. The number of nitrogens with zero attached hydrogens (tertiary/aromatic N) is 1. The van der Waals surface area contributed by atoms with E-state index in [1.807, 2.05) is 6.07 Å². The van der Waals surface area contributed by atoms with Gasteiger partial charge in [-0.25, -0.2) is 0 Å². The van der Waals surface area contributed by atoms with Gasteiger partial charge >= 0.3 is 0 Å². The van der Waals surface area contributed by atoms with Crippen LogP contribution in [0.15, 0.2) is 40.9 Å². The molecule has 1 atom stereocenters. The highest BCUT2D eigenvalue weighted by Crippen LogP contribution is 2.34. The second kappa shape index (κ2) is 5.85. The Kier molecular flexibility index (Phi) is 4.16. The fourth-order valence-electron chi connectivity index (χ4n) is 2.03. The molecular formula is C15H13BrN2O2. The number of nitrogens with one attached hydrogen (secondary N) is 1. The zero-order valence-corrected chi connectivity index (χ0v) is 12.3. The Labute approximate surface area is 125 Å². The maximum absolute atomic E-state index is 9.84. The molecule has 0 aliphatic rings. The molecule has 4 nitrogen and oxygen atoms in total. The lowest BCUT2D eigenvalue weighted by Crippen LogP contribution is -2.08. The zero-order chi connectivity index (χ0) is 14.7. The molecule has 2 aromatic carbocycles. The Morgan fingerprint density at radius 3 is 2.45 bits per heavy atom. The van der Waals surface area contributed by atoms with Gasteiger partial charge in [0.1, 0.15) is 17.6 Å². The first kappa shape index (κ1) is 14.2. The van der Waals surface area contributed by atoms with E-state index in [0.29, 0.717) is 16.8 Å². The molecule has 0 heterocycles. The third-order valence-electron chi connectivity index (χ3n) is 2.97. The molecule has 0 amide bonds. The maximum atomic E-state index is 9.84. The van der Waals surface area contributed by atoms with Crippen molar-refractivity contribution in [2.75, 3.05) is 5.32 Å². The van der Waals surface area contributed by atoms with Crippen molar-refractivity contribution in [2.45, 2.75) is 13.0 Å². The molecular weight excluding hydrogens is 320 g/mol. The van der Waals surface area contributed by atoms with Crippen molar-refractivity contribution in [3.05, 3.63) is 52.0 Å². The Hall–Kier alpha value is -2.19. The van der Waals surface area contributed by atoms with Crippen molar-refractivity contribution in [2.24, 2.45) is 0 Å². The minimum Gasteiger partial charge on any atom is -0.507 e. The summed E-state index contributed by atoms with van der Waals surface area (Å²) in [5.41, 5.74) is 1.53. The summed E-state index contributed by atoms with van der Waals surface area (Å²) in [6, 6.07) is 11.7. The quantitative estimate of drug-likeness (QED) is 0.796. The summed E-state index contributed by atoms with van der Waals surface area (Å²) < 4.78 is 0.817. The molecule has 0 aliphatic carbocycles. The molecule has 1 unspecified atom stereocenters. The largest absolute Gasteiger partial charge is 0.507 e. The van der Waals surface area contributed by atoms with Gasteiger partial charge in [0.2, 0.25) is 0 Å². The predicted molar refractivity (Wildman–Crippen MR) is 80.7 cm³/mol. The van der Waals surface area contributed by atoms with Gasteiger partial charge in [-0.3, -0.25) is 0 Å². The number of hydrogen-bond acceptors (Lipinski definition) is 4. The summed E-state index contributed by atoms with van der Waals surface area (Å²) in [6.07, 6.45) is 0. The maximum Gasteiger partial charge on any atom is 0.124 e. The average molecular weight is 333 g/mol. The number of halogens is 1. The van der Waals surface area contributed by atoms with Crippen molar-refractivity contribution in [1.82, 2.24) is 0 Å². The van der Waals surface area contributed by atoms with Crippen molar-refractivity contribution >= 4 is 21.6 Å². The lowest BCUT2D eigenvalue weighted by Gasteiger charge is -2.18. The molecule has 2 aromatic rings. The summed E-state index contributed by atoms with van der Waals surface area (Å²) in [6.45, 7) is 1.80. The second-order valence-electron chi connectivity index (χ2n) is 4.38. The van der Waals surface area contributed by atoms with Gasteiger partial charge in [-0.1, -0.05) is 22.0 Å². The predicted octanol–water partition coefficient (Wildman–Crippen LogP) is 3.91. The lowest BCUT2D eigenvalue weighted by molar-refractivity contribution is 0.434. The molecule has 0 spiro atoms. The molecule has 0 aromatic heterocycles. The monoisotopic (exact) mass is 332 g/mol. The van der Waals surface area contributed by atoms with E-state index in [2.05, 4.69) is 27.3 Å². The molecule has 0 saturated carbocycles. The third kappa shape index (κ3) is 2.86. The van der Waals surface area contributed by atoms with Gasteiger partial charge in [-0.05, 0) is 37.3 Å². The normalized spacial score (nSPS) is 11.7. The molecule has 0 radical (unpaired) electrons. The summed E-state index contributed by atoms with van der Waals surface area (Å²) in [5, 5.41) is 31.9. The minimum atomic E-state index is -0.343. The van der Waals surface area contributed by atoms with Crippen molar-refractivity contribution < 1.29 is 10.2 Å². The van der Waals surface area contributed by atoms with Crippen LogP contribution in [-0.4, -0.2) is 10.2 Å². The third-order valence-corrected chi connectivity index (χ3v) is 3.46. The van der Waals surface area contributed by atoms with Gasteiger partial charge in [-0.15, -0.1) is 0 Å². The first-order chi connectivity index (χ1) is 9.52. The van der Waals surface area contributed by atoms with Crippen LogP contribution in [0, 0.1) is 11.3 Å². The number of aromatic hydroxyl groups is 2. The SMILES string of the molecule is CC(Nc1ccc(Br)cc1C#N)c1c(O)cccc1O. The van der Waals surface area contributed by atoms with Crippen LogP contribution in [0.3, 0.4) is 0 Å². The van der Waals surface area contributed by atoms with Gasteiger partial charge in [0.05, 0.1) is 22.9 Å². The molecule has 20 heavy (non-hydrogen) atoms. The summed E-state index contributed by atoms with van der Waals surface area (Å²) in [5.74, 6) is 0.0289. The van der Waals surface area contributed by atoms with E-state index < -0.39 is 0 Å². The fraction of sp³-hybridized carbons (Fsp3) is 0.133. The van der Waals surface area contributed by atoms with Crippen LogP contribution in [-0.2, 0) is 0 Å². The first-order valence-electron chi connectivity index (χ1n) is 6.00. The molecule has 0 saturated heterocycles. The molecule has 5 heteroatoms. The second-order valence-corrected chi connectivity index (χ2v) is 5.29. The number of benzene rings is 2. The zero-order valence-electron chi connectivity index (χ0n) is 10.8. The molecule has 102 valence electrons. The van der Waals surface area contributed by atoms with E-state index >= 15 is 0 Å². The van der Waals surface area contributed by atoms with Gasteiger partial charge in [-0.2, -0.15) is 5.26 Å². The number of hydrogen-bond donors (Lipinski definition) is 3. The Bertz CT molecular complexity index is 660. The summed E-state index contributed by atoms with van der Waals surface area (Å²) >= 11 is 3.31. The topological polar surface area (TPSA) is 76.3 Å². The molecule has 2 rings (SSSR count). The van der Waals surface area contributed by atoms with E-state index in [1.165, 1.54) is 12.1 Å². The first-order valence-corrected chi connectivity index (χ1v) is 6.79. The van der Waals surface area contributed by atoms with Crippen molar-refractivity contribution in [1.29, 1.82) is 5.26 Å². The minimum absolute atomic E-state index is 0.0145. The van der Waals surface area contributed by atoms with Crippen molar-refractivity contribution in [3.8, 4) is 17.6 Å². The highest BCUT2D eigenvalue weighted by molar-refractivity contribution is 9.10. The van der Waals surface area contributed by atoms with E-state index in [-0.39, 0.29) is 17.5 Å². The van der Waals surface area contributed by atoms with Gasteiger partial charge in [0.15, 0.2) is 0 Å². The highest BCUT2D eigenvalue weighted by Gasteiger charge is 2.16. The van der Waals surface area contributed by atoms with Crippen LogP contribution in [0.5, 0.6) is 11.5 Å². The number of nitriles is 1. The van der Waals surface area contributed by atoms with Crippen LogP contribution in [0.1, 0.15) is 24.1 Å². The average Bonchev–Trinajstić information content (AvgIpc) is 2.40. The van der Waals surface area contributed by atoms with Crippen LogP contribution < -0.4 is 5.32 Å². The Morgan fingerprint density at radius 1 is 1.20 bits per heavy atom. The molecule has 3 N–H and O–H groups in total. The van der Waals surface area contributed by atoms with E-state index in [0.717, 1.165) is 4.47 Å². The van der Waals surface area contributed by atoms with Gasteiger partial charge in [0, 0.05) is 4.47 Å². The molecule has 0 aliphatic heterocycles. The fourth-order valence-corrected chi connectivity index (χ4v) is 2.39.